The van der Waals surface area contributed by atoms with E-state index in [9.17, 15) is 14.4 Å². The van der Waals surface area contributed by atoms with Crippen LogP contribution < -0.4 is 10.6 Å². The number of carboxylic acid groups (broad SMARTS) is 1. The van der Waals surface area contributed by atoms with Crippen LogP contribution >= 0.6 is 0 Å². The van der Waals surface area contributed by atoms with Gasteiger partial charge in [0.1, 0.15) is 5.69 Å². The highest BCUT2D eigenvalue weighted by atomic mass is 16.4. The molecule has 0 aromatic carbocycles. The molecule has 0 bridgehead atoms. The Morgan fingerprint density at radius 2 is 1.90 bits per heavy atom. The van der Waals surface area contributed by atoms with Crippen molar-refractivity contribution in [2.45, 2.75) is 27.2 Å². The Bertz CT molecular complexity index is 532. The molecule has 7 nitrogen and oxygen atoms in total. The van der Waals surface area contributed by atoms with Gasteiger partial charge < -0.3 is 15.7 Å². The first-order valence-electron chi connectivity index (χ1n) is 6.47. The normalized spacial score (nSPS) is 10.8. The Morgan fingerprint density at radius 1 is 1.24 bits per heavy atom. The highest BCUT2D eigenvalue weighted by molar-refractivity contribution is 5.92. The topological polar surface area (TPSA) is 108 Å². The average molecular weight is 293 g/mol. The van der Waals surface area contributed by atoms with Crippen LogP contribution in [0.4, 0.5) is 5.69 Å². The lowest BCUT2D eigenvalue weighted by molar-refractivity contribution is -0.128. The molecule has 1 aromatic rings. The van der Waals surface area contributed by atoms with Crippen molar-refractivity contribution in [2.24, 2.45) is 5.41 Å². The van der Waals surface area contributed by atoms with Crippen LogP contribution in [0.1, 0.15) is 37.7 Å². The zero-order valence-corrected chi connectivity index (χ0v) is 12.3. The Hall–Kier alpha value is -2.44. The molecule has 0 aliphatic rings. The number of hydrogen-bond donors (Lipinski definition) is 3. The Kier molecular flexibility index (Phi) is 5.40. The first-order chi connectivity index (χ1) is 9.70. The predicted molar refractivity (Wildman–Crippen MR) is 76.9 cm³/mol. The van der Waals surface area contributed by atoms with E-state index in [4.69, 9.17) is 5.11 Å². The van der Waals surface area contributed by atoms with Gasteiger partial charge in [0.25, 0.3) is 0 Å². The maximum atomic E-state index is 11.7. The van der Waals surface area contributed by atoms with Crippen molar-refractivity contribution >= 4 is 23.5 Å². The smallest absolute Gasteiger partial charge is 0.354 e. The fourth-order valence-corrected chi connectivity index (χ4v) is 1.37. The SMILES string of the molecule is CC(C)(C)C(=O)NCCC(=O)Nc1ccc(C(=O)O)nc1. The molecule has 114 valence electrons. The highest BCUT2D eigenvalue weighted by Gasteiger charge is 2.20. The zero-order chi connectivity index (χ0) is 16.0. The van der Waals surface area contributed by atoms with Gasteiger partial charge in [-0.15, -0.1) is 0 Å². The highest BCUT2D eigenvalue weighted by Crippen LogP contribution is 2.12. The van der Waals surface area contributed by atoms with Crippen LogP contribution in [0.25, 0.3) is 0 Å². The number of carbonyl (C=O) groups is 3. The summed E-state index contributed by atoms with van der Waals surface area (Å²) in [5, 5.41) is 13.9. The minimum absolute atomic E-state index is 0.0922. The van der Waals surface area contributed by atoms with Crippen LogP contribution in [0.3, 0.4) is 0 Å². The van der Waals surface area contributed by atoms with Gasteiger partial charge in [0, 0.05) is 18.4 Å². The van der Waals surface area contributed by atoms with Gasteiger partial charge in [-0.1, -0.05) is 20.8 Å². The van der Waals surface area contributed by atoms with Crippen molar-refractivity contribution < 1.29 is 19.5 Å². The van der Waals surface area contributed by atoms with Crippen molar-refractivity contribution in [3.63, 3.8) is 0 Å². The molecule has 0 radical (unpaired) electrons. The number of hydrogen-bond acceptors (Lipinski definition) is 4. The van der Waals surface area contributed by atoms with Gasteiger partial charge in [0.2, 0.25) is 11.8 Å². The van der Waals surface area contributed by atoms with Gasteiger partial charge in [0.15, 0.2) is 0 Å². The van der Waals surface area contributed by atoms with E-state index < -0.39 is 11.4 Å². The number of amides is 2. The molecular formula is C14H19N3O4. The lowest BCUT2D eigenvalue weighted by atomic mass is 9.96. The molecule has 1 heterocycles. The lowest BCUT2D eigenvalue weighted by Gasteiger charge is -2.17. The van der Waals surface area contributed by atoms with E-state index in [0.717, 1.165) is 0 Å². The molecule has 0 aliphatic heterocycles. The summed E-state index contributed by atoms with van der Waals surface area (Å²) in [6.45, 7) is 5.61. The number of rotatable bonds is 5. The number of carboxylic acids is 1. The number of aromatic nitrogens is 1. The molecule has 0 spiro atoms. The first kappa shape index (κ1) is 16.6. The molecular weight excluding hydrogens is 274 g/mol. The van der Waals surface area contributed by atoms with Gasteiger partial charge in [-0.05, 0) is 12.1 Å². The quantitative estimate of drug-likeness (QED) is 0.757. The van der Waals surface area contributed by atoms with Gasteiger partial charge in [-0.3, -0.25) is 9.59 Å². The third-order valence-electron chi connectivity index (χ3n) is 2.59. The molecule has 2 amide bonds. The molecule has 3 N–H and O–H groups in total. The molecule has 1 aromatic heterocycles. The predicted octanol–water partition coefficient (Wildman–Crippen LogP) is 1.27. The Labute approximate surface area is 122 Å². The molecule has 21 heavy (non-hydrogen) atoms. The summed E-state index contributed by atoms with van der Waals surface area (Å²) in [5.74, 6) is -1.53. The molecule has 0 saturated carbocycles. The maximum Gasteiger partial charge on any atom is 0.354 e. The zero-order valence-electron chi connectivity index (χ0n) is 12.3. The van der Waals surface area contributed by atoms with Crippen LogP contribution in [0, 0.1) is 5.41 Å². The lowest BCUT2D eigenvalue weighted by Crippen LogP contribution is -2.36. The molecule has 0 saturated heterocycles. The van der Waals surface area contributed by atoms with E-state index >= 15 is 0 Å². The Balaban J connectivity index is 2.40. The molecule has 0 fully saturated rings. The molecule has 0 unspecified atom stereocenters. The fourth-order valence-electron chi connectivity index (χ4n) is 1.37. The second-order valence-corrected chi connectivity index (χ2v) is 5.54. The van der Waals surface area contributed by atoms with Crippen LogP contribution in [-0.2, 0) is 9.59 Å². The number of aromatic carboxylic acids is 1. The van der Waals surface area contributed by atoms with E-state index in [-0.39, 0.29) is 30.5 Å². The van der Waals surface area contributed by atoms with Crippen molar-refractivity contribution in [3.8, 4) is 0 Å². The van der Waals surface area contributed by atoms with E-state index in [0.29, 0.717) is 5.69 Å². The average Bonchev–Trinajstić information content (AvgIpc) is 2.38. The summed E-state index contributed by atoms with van der Waals surface area (Å²) in [4.78, 5) is 37.6. The third kappa shape index (κ3) is 5.60. The van der Waals surface area contributed by atoms with Gasteiger partial charge >= 0.3 is 5.97 Å². The number of anilines is 1. The summed E-state index contributed by atoms with van der Waals surface area (Å²) in [5.41, 5.74) is -0.176. The van der Waals surface area contributed by atoms with Gasteiger partial charge in [-0.25, -0.2) is 9.78 Å². The van der Waals surface area contributed by atoms with Crippen molar-refractivity contribution in [1.29, 1.82) is 0 Å². The largest absolute Gasteiger partial charge is 0.477 e. The monoisotopic (exact) mass is 293 g/mol. The number of nitrogens with zero attached hydrogens (tertiary/aromatic N) is 1. The van der Waals surface area contributed by atoms with Crippen LogP contribution in [-0.4, -0.2) is 34.4 Å². The summed E-state index contributed by atoms with van der Waals surface area (Å²) < 4.78 is 0. The van der Waals surface area contributed by atoms with Crippen molar-refractivity contribution in [1.82, 2.24) is 10.3 Å². The summed E-state index contributed by atoms with van der Waals surface area (Å²) >= 11 is 0. The van der Waals surface area contributed by atoms with Crippen LogP contribution in [0.2, 0.25) is 0 Å². The molecule has 1 rings (SSSR count). The van der Waals surface area contributed by atoms with E-state index in [1.165, 1.54) is 18.3 Å². The number of pyridine rings is 1. The fraction of sp³-hybridized carbons (Fsp3) is 0.429. The van der Waals surface area contributed by atoms with Crippen LogP contribution in [0.5, 0.6) is 0 Å². The molecule has 7 heteroatoms. The van der Waals surface area contributed by atoms with Crippen molar-refractivity contribution in [2.75, 3.05) is 11.9 Å². The second kappa shape index (κ2) is 6.83. The third-order valence-corrected chi connectivity index (χ3v) is 2.59. The molecule has 0 aliphatic carbocycles. The summed E-state index contributed by atoms with van der Waals surface area (Å²) in [7, 11) is 0. The summed E-state index contributed by atoms with van der Waals surface area (Å²) in [6.07, 6.45) is 1.40. The Morgan fingerprint density at radius 3 is 2.38 bits per heavy atom. The maximum absolute atomic E-state index is 11.7. The summed E-state index contributed by atoms with van der Waals surface area (Å²) in [6, 6.07) is 2.77. The van der Waals surface area contributed by atoms with Gasteiger partial charge in [-0.2, -0.15) is 0 Å². The first-order valence-corrected chi connectivity index (χ1v) is 6.47. The standard InChI is InChI=1S/C14H19N3O4/c1-14(2,3)13(21)15-7-6-11(18)17-9-4-5-10(12(19)20)16-8-9/h4-5,8H,6-7H2,1-3H3,(H,15,21)(H,17,18)(H,19,20). The minimum Gasteiger partial charge on any atom is -0.477 e. The van der Waals surface area contributed by atoms with Crippen LogP contribution in [0.15, 0.2) is 18.3 Å². The van der Waals surface area contributed by atoms with E-state index in [1.807, 2.05) is 0 Å². The van der Waals surface area contributed by atoms with Gasteiger partial charge in [0.05, 0.1) is 11.9 Å². The van der Waals surface area contributed by atoms with Crippen molar-refractivity contribution in [3.05, 3.63) is 24.0 Å². The van der Waals surface area contributed by atoms with E-state index in [2.05, 4.69) is 15.6 Å². The number of carbonyl (C=O) groups excluding carboxylic acids is 2. The van der Waals surface area contributed by atoms with E-state index in [1.54, 1.807) is 20.8 Å². The second-order valence-electron chi connectivity index (χ2n) is 5.54. The molecule has 0 atom stereocenters. The minimum atomic E-state index is -1.13. The number of nitrogens with one attached hydrogen (secondary N) is 2.